The summed E-state index contributed by atoms with van der Waals surface area (Å²) in [5.41, 5.74) is 1.11. The van der Waals surface area contributed by atoms with E-state index in [-0.39, 0.29) is 6.03 Å². The van der Waals surface area contributed by atoms with Crippen molar-refractivity contribution in [1.29, 1.82) is 0 Å². The third-order valence-corrected chi connectivity index (χ3v) is 6.96. The number of hydrogen-bond donors (Lipinski definition) is 1. The molecule has 2 fully saturated rings. The van der Waals surface area contributed by atoms with Gasteiger partial charge in [-0.25, -0.2) is 9.78 Å². The van der Waals surface area contributed by atoms with E-state index in [1.807, 2.05) is 4.90 Å². The zero-order valence-corrected chi connectivity index (χ0v) is 16.2. The molecule has 1 saturated heterocycles. The number of thiazole rings is 1. The highest BCUT2D eigenvalue weighted by Crippen LogP contribution is 2.34. The second-order valence-corrected chi connectivity index (χ2v) is 8.57. The summed E-state index contributed by atoms with van der Waals surface area (Å²) in [5, 5.41) is 4.27. The van der Waals surface area contributed by atoms with Crippen molar-refractivity contribution in [3.63, 3.8) is 0 Å². The van der Waals surface area contributed by atoms with Gasteiger partial charge in [-0.2, -0.15) is 0 Å². The maximum absolute atomic E-state index is 12.4. The molecule has 0 atom stereocenters. The van der Waals surface area contributed by atoms with Gasteiger partial charge in [0.05, 0.1) is 10.2 Å². The van der Waals surface area contributed by atoms with Crippen LogP contribution in [0.1, 0.15) is 25.7 Å². The van der Waals surface area contributed by atoms with Gasteiger partial charge >= 0.3 is 6.03 Å². The number of nitrogens with one attached hydrogen (secondary N) is 1. The molecule has 0 spiro atoms. The smallest absolute Gasteiger partial charge is 0.317 e. The first-order valence-corrected chi connectivity index (χ1v) is 11.0. The van der Waals surface area contributed by atoms with E-state index in [0.29, 0.717) is 6.04 Å². The summed E-state index contributed by atoms with van der Waals surface area (Å²) >= 11 is 3.49. The van der Waals surface area contributed by atoms with Gasteiger partial charge < -0.3 is 15.1 Å². The van der Waals surface area contributed by atoms with Crippen LogP contribution in [-0.4, -0.2) is 54.4 Å². The van der Waals surface area contributed by atoms with Crippen molar-refractivity contribution >= 4 is 44.5 Å². The minimum atomic E-state index is 0.112. The first-order chi connectivity index (χ1) is 12.2. The van der Waals surface area contributed by atoms with Crippen LogP contribution >= 0.6 is 23.1 Å². The van der Waals surface area contributed by atoms with Crippen molar-refractivity contribution in [1.82, 2.24) is 15.2 Å². The number of thioether (sulfide) groups is 1. The van der Waals surface area contributed by atoms with Crippen molar-refractivity contribution in [2.75, 3.05) is 37.3 Å². The Labute approximate surface area is 156 Å². The fourth-order valence-corrected chi connectivity index (χ4v) is 5.32. The number of aromatic nitrogens is 1. The molecule has 0 bridgehead atoms. The summed E-state index contributed by atoms with van der Waals surface area (Å²) in [6, 6.07) is 6.87. The number of carbonyl (C=O) groups is 1. The van der Waals surface area contributed by atoms with Crippen LogP contribution in [0.15, 0.2) is 23.1 Å². The van der Waals surface area contributed by atoms with Crippen LogP contribution in [0.3, 0.4) is 0 Å². The van der Waals surface area contributed by atoms with Crippen molar-refractivity contribution in [2.24, 2.45) is 0 Å². The van der Waals surface area contributed by atoms with E-state index in [1.165, 1.54) is 22.4 Å². The standard InChI is InChI=1S/C18H24N4OS2/c1-24-14-7-4-8-15-16(14)20-18(25-15)22-11-9-21(10-12-22)17(23)19-13-5-2-3-6-13/h4,7-8,13H,2-3,5-6,9-12H2,1H3,(H,19,23). The van der Waals surface area contributed by atoms with Crippen LogP contribution in [0.2, 0.25) is 0 Å². The fourth-order valence-electron chi connectivity index (χ4n) is 3.65. The highest BCUT2D eigenvalue weighted by Gasteiger charge is 2.25. The molecule has 0 unspecified atom stereocenters. The fraction of sp³-hybridized carbons (Fsp3) is 0.556. The molecule has 1 aliphatic carbocycles. The molecule has 134 valence electrons. The van der Waals surface area contributed by atoms with Crippen LogP contribution < -0.4 is 10.2 Å². The van der Waals surface area contributed by atoms with Gasteiger partial charge in [-0.1, -0.05) is 30.2 Å². The lowest BCUT2D eigenvalue weighted by atomic mass is 10.2. The quantitative estimate of drug-likeness (QED) is 0.828. The summed E-state index contributed by atoms with van der Waals surface area (Å²) in [5.74, 6) is 0. The van der Waals surface area contributed by atoms with Crippen LogP contribution in [0.4, 0.5) is 9.93 Å². The largest absolute Gasteiger partial charge is 0.345 e. The van der Waals surface area contributed by atoms with Crippen LogP contribution in [0.25, 0.3) is 10.2 Å². The van der Waals surface area contributed by atoms with E-state index in [9.17, 15) is 4.79 Å². The van der Waals surface area contributed by atoms with Crippen molar-refractivity contribution in [3.8, 4) is 0 Å². The lowest BCUT2D eigenvalue weighted by Gasteiger charge is -2.35. The van der Waals surface area contributed by atoms with Crippen LogP contribution in [0.5, 0.6) is 0 Å². The third-order valence-electron chi connectivity index (χ3n) is 5.11. The molecule has 4 rings (SSSR count). The summed E-state index contributed by atoms with van der Waals surface area (Å²) < 4.78 is 1.24. The Balaban J connectivity index is 1.39. The second kappa shape index (κ2) is 7.41. The topological polar surface area (TPSA) is 48.5 Å². The molecule has 7 heteroatoms. The SMILES string of the molecule is CSc1cccc2sc(N3CCN(C(=O)NC4CCCC4)CC3)nc12. The number of carbonyl (C=O) groups excluding carboxylic acids is 1. The average Bonchev–Trinajstić information content (AvgIpc) is 3.30. The number of fused-ring (bicyclic) bond motifs is 1. The van der Waals surface area contributed by atoms with Gasteiger partial charge in [0.15, 0.2) is 5.13 Å². The molecule has 25 heavy (non-hydrogen) atoms. The maximum Gasteiger partial charge on any atom is 0.317 e. The molecule has 2 aliphatic rings. The number of urea groups is 1. The predicted octanol–water partition coefficient (Wildman–Crippen LogP) is 3.79. The number of rotatable bonds is 3. The van der Waals surface area contributed by atoms with E-state index in [1.54, 1.807) is 23.1 Å². The highest BCUT2D eigenvalue weighted by molar-refractivity contribution is 7.98. The Morgan fingerprint density at radius 1 is 1.24 bits per heavy atom. The predicted molar refractivity (Wildman–Crippen MR) is 106 cm³/mol. The number of nitrogens with zero attached hydrogens (tertiary/aromatic N) is 3. The van der Waals surface area contributed by atoms with Crippen molar-refractivity contribution in [3.05, 3.63) is 18.2 Å². The number of benzene rings is 1. The number of hydrogen-bond acceptors (Lipinski definition) is 5. The second-order valence-electron chi connectivity index (χ2n) is 6.71. The first kappa shape index (κ1) is 17.0. The summed E-state index contributed by atoms with van der Waals surface area (Å²) in [6.07, 6.45) is 6.85. The molecule has 2 heterocycles. The monoisotopic (exact) mass is 376 g/mol. The van der Waals surface area contributed by atoms with Crippen molar-refractivity contribution < 1.29 is 4.79 Å². The van der Waals surface area contributed by atoms with Gasteiger partial charge in [-0.3, -0.25) is 0 Å². The highest BCUT2D eigenvalue weighted by atomic mass is 32.2. The Morgan fingerprint density at radius 3 is 2.72 bits per heavy atom. The molecular weight excluding hydrogens is 352 g/mol. The summed E-state index contributed by atoms with van der Waals surface area (Å²) in [7, 11) is 0. The molecular formula is C18H24N4OS2. The average molecular weight is 377 g/mol. The number of para-hydroxylation sites is 1. The Kier molecular flexibility index (Phi) is 5.03. The van der Waals surface area contributed by atoms with Gasteiger partial charge in [0.2, 0.25) is 0 Å². The molecule has 1 saturated carbocycles. The van der Waals surface area contributed by atoms with Gasteiger partial charge in [-0.05, 0) is 31.2 Å². The minimum absolute atomic E-state index is 0.112. The zero-order valence-electron chi connectivity index (χ0n) is 14.5. The van der Waals surface area contributed by atoms with Crippen LogP contribution in [0, 0.1) is 0 Å². The Bertz CT molecular complexity index is 749. The van der Waals surface area contributed by atoms with Gasteiger partial charge in [0.1, 0.15) is 0 Å². The molecule has 1 N–H and O–H groups in total. The molecule has 1 aliphatic heterocycles. The van der Waals surface area contributed by atoms with Gasteiger partial charge in [-0.15, -0.1) is 11.8 Å². The molecule has 0 radical (unpaired) electrons. The molecule has 5 nitrogen and oxygen atoms in total. The van der Waals surface area contributed by atoms with E-state index in [2.05, 4.69) is 34.7 Å². The van der Waals surface area contributed by atoms with Gasteiger partial charge in [0.25, 0.3) is 0 Å². The molecule has 1 aromatic heterocycles. The summed E-state index contributed by atoms with van der Waals surface area (Å²) in [6.45, 7) is 3.24. The first-order valence-electron chi connectivity index (χ1n) is 8.98. The Morgan fingerprint density at radius 2 is 2.00 bits per heavy atom. The zero-order chi connectivity index (χ0) is 17.2. The molecule has 1 aromatic carbocycles. The lowest BCUT2D eigenvalue weighted by molar-refractivity contribution is 0.190. The van der Waals surface area contributed by atoms with E-state index >= 15 is 0 Å². The lowest BCUT2D eigenvalue weighted by Crippen LogP contribution is -2.53. The van der Waals surface area contributed by atoms with Crippen molar-refractivity contribution in [2.45, 2.75) is 36.6 Å². The Hall–Kier alpha value is -1.47. The van der Waals surface area contributed by atoms with E-state index < -0.39 is 0 Å². The molecule has 2 aromatic rings. The van der Waals surface area contributed by atoms with Crippen LogP contribution in [-0.2, 0) is 0 Å². The number of piperazine rings is 1. The van der Waals surface area contributed by atoms with E-state index in [0.717, 1.165) is 49.7 Å². The summed E-state index contributed by atoms with van der Waals surface area (Å²) in [4.78, 5) is 22.8. The van der Waals surface area contributed by atoms with E-state index in [4.69, 9.17) is 4.98 Å². The van der Waals surface area contributed by atoms with Gasteiger partial charge in [0, 0.05) is 37.1 Å². The molecule has 2 amide bonds. The maximum atomic E-state index is 12.4. The third kappa shape index (κ3) is 3.58. The number of amides is 2. The normalized spacial score (nSPS) is 18.9. The number of anilines is 1. The minimum Gasteiger partial charge on any atom is -0.345 e.